The summed E-state index contributed by atoms with van der Waals surface area (Å²) in [5.41, 5.74) is 2.64. The lowest BCUT2D eigenvalue weighted by Gasteiger charge is -1.82. The van der Waals surface area contributed by atoms with Crippen molar-refractivity contribution < 1.29 is 4.79 Å². The Bertz CT molecular complexity index is 394. The highest BCUT2D eigenvalue weighted by atomic mass is 16.1. The fourth-order valence-electron chi connectivity index (χ4n) is 1.07. The number of hydrogen-bond donors (Lipinski definition) is 0. The third kappa shape index (κ3) is 12.4. The van der Waals surface area contributed by atoms with Gasteiger partial charge in [0.25, 0.3) is 0 Å². The van der Waals surface area contributed by atoms with E-state index in [0.717, 1.165) is 0 Å². The van der Waals surface area contributed by atoms with Gasteiger partial charge in [0.1, 0.15) is 5.78 Å². The summed E-state index contributed by atoms with van der Waals surface area (Å²) in [5.74, 6) is 0.255. The van der Waals surface area contributed by atoms with Gasteiger partial charge in [-0.3, -0.25) is 0 Å². The first kappa shape index (κ1) is 17.1. The standard InChI is InChI=1S/2C7H8.C4H8O/c2*1-7-5-3-2-4-6-7;1-3-4(2)5/h2*2-6H,1H3;3H2,1-2H3. The quantitative estimate of drug-likeness (QED) is 0.703. The Morgan fingerprint density at radius 1 is 0.789 bits per heavy atom. The first-order valence-electron chi connectivity index (χ1n) is 6.59. The molecule has 1 heteroatoms. The van der Waals surface area contributed by atoms with E-state index in [4.69, 9.17) is 0 Å². The minimum absolute atomic E-state index is 0.255. The number of rotatable bonds is 1. The van der Waals surface area contributed by atoms with Gasteiger partial charge in [-0.05, 0) is 20.8 Å². The van der Waals surface area contributed by atoms with Crippen LogP contribution in [0.4, 0.5) is 0 Å². The Kier molecular flexibility index (Phi) is 10.1. The summed E-state index contributed by atoms with van der Waals surface area (Å²) in [6, 6.07) is 20.5. The van der Waals surface area contributed by atoms with Gasteiger partial charge in [0.05, 0.1) is 0 Å². The molecule has 0 unspecified atom stereocenters. The van der Waals surface area contributed by atoms with Crippen LogP contribution in [0.3, 0.4) is 0 Å². The topological polar surface area (TPSA) is 17.1 Å². The van der Waals surface area contributed by atoms with E-state index in [1.807, 2.05) is 43.3 Å². The molecule has 0 atom stereocenters. The first-order chi connectivity index (χ1) is 9.06. The molecule has 0 N–H and O–H groups in total. The maximum atomic E-state index is 9.81. The molecule has 0 bridgehead atoms. The molecule has 0 aliphatic rings. The van der Waals surface area contributed by atoms with E-state index >= 15 is 0 Å². The molecule has 0 amide bonds. The molecule has 0 aliphatic carbocycles. The molecule has 0 fully saturated rings. The fraction of sp³-hybridized carbons (Fsp3) is 0.278. The molecule has 0 heterocycles. The van der Waals surface area contributed by atoms with Gasteiger partial charge in [-0.2, -0.15) is 0 Å². The highest BCUT2D eigenvalue weighted by Gasteiger charge is 1.77. The van der Waals surface area contributed by atoms with E-state index in [1.165, 1.54) is 11.1 Å². The lowest BCUT2D eigenvalue weighted by atomic mass is 10.2. The van der Waals surface area contributed by atoms with Crippen molar-refractivity contribution in [1.82, 2.24) is 0 Å². The summed E-state index contributed by atoms with van der Waals surface area (Å²) >= 11 is 0. The highest BCUT2D eigenvalue weighted by molar-refractivity contribution is 5.74. The van der Waals surface area contributed by atoms with E-state index in [2.05, 4.69) is 38.1 Å². The van der Waals surface area contributed by atoms with Crippen LogP contribution in [-0.2, 0) is 4.79 Å². The second-order valence-corrected chi connectivity index (χ2v) is 4.36. The zero-order valence-corrected chi connectivity index (χ0v) is 12.4. The highest BCUT2D eigenvalue weighted by Crippen LogP contribution is 1.92. The Morgan fingerprint density at radius 3 is 1.16 bits per heavy atom. The zero-order chi connectivity index (χ0) is 14.5. The minimum Gasteiger partial charge on any atom is -0.300 e. The van der Waals surface area contributed by atoms with Crippen molar-refractivity contribution in [3.63, 3.8) is 0 Å². The summed E-state index contributed by atoms with van der Waals surface area (Å²) in [6.07, 6.45) is 0.667. The van der Waals surface area contributed by atoms with E-state index in [-0.39, 0.29) is 5.78 Å². The normalized spacial score (nSPS) is 8.42. The Hall–Kier alpha value is -1.89. The molecule has 1 nitrogen and oxygen atoms in total. The van der Waals surface area contributed by atoms with Gasteiger partial charge in [0.15, 0.2) is 0 Å². The van der Waals surface area contributed by atoms with Crippen LogP contribution in [0.1, 0.15) is 31.4 Å². The number of ketones is 1. The fourth-order valence-corrected chi connectivity index (χ4v) is 1.07. The van der Waals surface area contributed by atoms with Crippen LogP contribution in [0.2, 0.25) is 0 Å². The molecule has 2 aromatic carbocycles. The first-order valence-corrected chi connectivity index (χ1v) is 6.59. The largest absolute Gasteiger partial charge is 0.300 e. The monoisotopic (exact) mass is 256 g/mol. The number of aryl methyl sites for hydroxylation is 2. The molecule has 19 heavy (non-hydrogen) atoms. The molecule has 0 spiro atoms. The second-order valence-electron chi connectivity index (χ2n) is 4.36. The second kappa shape index (κ2) is 11.2. The third-order valence-corrected chi connectivity index (χ3v) is 2.38. The van der Waals surface area contributed by atoms with Gasteiger partial charge in [0.2, 0.25) is 0 Å². The lowest BCUT2D eigenvalue weighted by molar-refractivity contribution is -0.116. The lowest BCUT2D eigenvalue weighted by Crippen LogP contribution is -1.80. The Balaban J connectivity index is 0.000000261. The summed E-state index contributed by atoms with van der Waals surface area (Å²) in [7, 11) is 0. The molecule has 2 aromatic rings. The van der Waals surface area contributed by atoms with Crippen LogP contribution in [-0.4, -0.2) is 5.78 Å². The van der Waals surface area contributed by atoms with E-state index in [9.17, 15) is 4.79 Å². The summed E-state index contributed by atoms with van der Waals surface area (Å²) in [5, 5.41) is 0. The number of benzene rings is 2. The van der Waals surface area contributed by atoms with Crippen molar-refractivity contribution in [2.45, 2.75) is 34.1 Å². The van der Waals surface area contributed by atoms with Crippen molar-refractivity contribution in [2.75, 3.05) is 0 Å². The van der Waals surface area contributed by atoms with Gasteiger partial charge in [0, 0.05) is 6.42 Å². The molecule has 0 aromatic heterocycles. The molecule has 0 radical (unpaired) electrons. The predicted octanol–water partition coefficient (Wildman–Crippen LogP) is 4.98. The number of Topliss-reactive ketones (excluding diaryl/α,β-unsaturated/α-hetero) is 1. The van der Waals surface area contributed by atoms with Gasteiger partial charge in [-0.1, -0.05) is 78.7 Å². The van der Waals surface area contributed by atoms with Crippen LogP contribution < -0.4 is 0 Å². The molecular formula is C18H24O. The van der Waals surface area contributed by atoms with Gasteiger partial charge in [-0.15, -0.1) is 0 Å². The van der Waals surface area contributed by atoms with Crippen LogP contribution in [0.15, 0.2) is 60.7 Å². The number of carbonyl (C=O) groups is 1. The molecule has 2 rings (SSSR count). The average molecular weight is 256 g/mol. The zero-order valence-electron chi connectivity index (χ0n) is 12.4. The third-order valence-electron chi connectivity index (χ3n) is 2.38. The maximum absolute atomic E-state index is 9.81. The maximum Gasteiger partial charge on any atom is 0.129 e. The molecule has 102 valence electrons. The van der Waals surface area contributed by atoms with E-state index in [0.29, 0.717) is 6.42 Å². The predicted molar refractivity (Wildman–Crippen MR) is 83.3 cm³/mol. The molecular weight excluding hydrogens is 232 g/mol. The molecule has 0 saturated carbocycles. The van der Waals surface area contributed by atoms with Crippen molar-refractivity contribution in [3.05, 3.63) is 71.8 Å². The van der Waals surface area contributed by atoms with E-state index < -0.39 is 0 Å². The molecule has 0 saturated heterocycles. The van der Waals surface area contributed by atoms with Crippen LogP contribution in [0, 0.1) is 13.8 Å². The average Bonchev–Trinajstić information content (AvgIpc) is 2.42. The van der Waals surface area contributed by atoms with Crippen molar-refractivity contribution in [3.8, 4) is 0 Å². The van der Waals surface area contributed by atoms with Crippen molar-refractivity contribution in [2.24, 2.45) is 0 Å². The van der Waals surface area contributed by atoms with E-state index in [1.54, 1.807) is 6.92 Å². The van der Waals surface area contributed by atoms with Gasteiger partial charge in [-0.25, -0.2) is 0 Å². The van der Waals surface area contributed by atoms with Crippen LogP contribution >= 0.6 is 0 Å². The molecule has 0 aliphatic heterocycles. The SMILES string of the molecule is CCC(C)=O.Cc1ccccc1.Cc1ccccc1. The van der Waals surface area contributed by atoms with Gasteiger partial charge < -0.3 is 4.79 Å². The smallest absolute Gasteiger partial charge is 0.129 e. The van der Waals surface area contributed by atoms with Crippen molar-refractivity contribution in [1.29, 1.82) is 0 Å². The van der Waals surface area contributed by atoms with Crippen LogP contribution in [0.25, 0.3) is 0 Å². The summed E-state index contributed by atoms with van der Waals surface area (Å²) in [4.78, 5) is 9.81. The van der Waals surface area contributed by atoms with Gasteiger partial charge >= 0.3 is 0 Å². The van der Waals surface area contributed by atoms with Crippen LogP contribution in [0.5, 0.6) is 0 Å². The Morgan fingerprint density at radius 2 is 1.05 bits per heavy atom. The number of hydrogen-bond acceptors (Lipinski definition) is 1. The Labute approximate surface area is 117 Å². The number of carbonyl (C=O) groups excluding carboxylic acids is 1. The minimum atomic E-state index is 0.255. The summed E-state index contributed by atoms with van der Waals surface area (Å²) in [6.45, 7) is 7.60. The summed E-state index contributed by atoms with van der Waals surface area (Å²) < 4.78 is 0. The van der Waals surface area contributed by atoms with Crippen molar-refractivity contribution >= 4 is 5.78 Å².